The molecule has 2 heterocycles. The van der Waals surface area contributed by atoms with E-state index in [0.29, 0.717) is 25.5 Å². The first-order valence-electron chi connectivity index (χ1n) is 10.7. The summed E-state index contributed by atoms with van der Waals surface area (Å²) in [5.41, 5.74) is 1.21. The lowest BCUT2D eigenvalue weighted by molar-refractivity contribution is -0.137. The third-order valence-electron chi connectivity index (χ3n) is 5.22. The molecule has 6 nitrogen and oxygen atoms in total. The summed E-state index contributed by atoms with van der Waals surface area (Å²) in [6, 6.07) is 9.28. The van der Waals surface area contributed by atoms with Gasteiger partial charge < -0.3 is 20.3 Å². The van der Waals surface area contributed by atoms with E-state index in [1.807, 2.05) is 18.3 Å². The van der Waals surface area contributed by atoms with E-state index in [-0.39, 0.29) is 36.2 Å². The molecule has 2 atom stereocenters. The van der Waals surface area contributed by atoms with Crippen LogP contribution in [-0.4, -0.2) is 49.8 Å². The number of benzene rings is 1. The molecule has 1 aliphatic rings. The minimum atomic E-state index is -4.31. The Balaban J connectivity index is 0.00000385. The van der Waals surface area contributed by atoms with Gasteiger partial charge >= 0.3 is 6.18 Å². The van der Waals surface area contributed by atoms with E-state index in [4.69, 9.17) is 4.74 Å². The Hall–Kier alpha value is -2.08. The lowest BCUT2D eigenvalue weighted by atomic mass is 10.1. The summed E-state index contributed by atoms with van der Waals surface area (Å²) < 4.78 is 43.7. The fourth-order valence-corrected chi connectivity index (χ4v) is 3.67. The summed E-state index contributed by atoms with van der Waals surface area (Å²) in [7, 11) is 1.68. The fraction of sp³-hybridized carbons (Fsp3) is 0.478. The van der Waals surface area contributed by atoms with Crippen LogP contribution in [0.4, 0.5) is 19.0 Å². The predicted molar refractivity (Wildman–Crippen MR) is 135 cm³/mol. The topological polar surface area (TPSA) is 61.8 Å². The Kier molecular flexibility index (Phi) is 10.2. The lowest BCUT2D eigenvalue weighted by Gasteiger charge is -2.36. The first-order chi connectivity index (χ1) is 15.2. The number of ether oxygens (including phenoxy) is 1. The molecule has 2 N–H and O–H groups in total. The van der Waals surface area contributed by atoms with Crippen LogP contribution in [0.25, 0.3) is 0 Å². The van der Waals surface area contributed by atoms with E-state index < -0.39 is 11.7 Å². The van der Waals surface area contributed by atoms with Crippen molar-refractivity contribution >= 4 is 35.8 Å². The summed E-state index contributed by atoms with van der Waals surface area (Å²) in [6.07, 6.45) is -1.51. The fourth-order valence-electron chi connectivity index (χ4n) is 3.67. The van der Waals surface area contributed by atoms with Crippen LogP contribution in [0.3, 0.4) is 0 Å². The third kappa shape index (κ3) is 8.33. The van der Waals surface area contributed by atoms with Crippen LogP contribution in [0.2, 0.25) is 0 Å². The number of halogens is 4. The Bertz CT molecular complexity index is 880. The molecule has 33 heavy (non-hydrogen) atoms. The number of aliphatic imine (C=N–C) groups is 1. The number of guanidine groups is 1. The maximum Gasteiger partial charge on any atom is 0.416 e. The van der Waals surface area contributed by atoms with Crippen LogP contribution >= 0.6 is 24.0 Å². The smallest absolute Gasteiger partial charge is 0.372 e. The van der Waals surface area contributed by atoms with Crippen molar-refractivity contribution in [1.29, 1.82) is 0 Å². The van der Waals surface area contributed by atoms with Crippen molar-refractivity contribution in [3.8, 4) is 0 Å². The maximum atomic E-state index is 12.6. The minimum Gasteiger partial charge on any atom is -0.372 e. The van der Waals surface area contributed by atoms with E-state index in [0.717, 1.165) is 42.2 Å². The molecule has 0 aliphatic carbocycles. The van der Waals surface area contributed by atoms with E-state index in [1.165, 1.54) is 12.1 Å². The van der Waals surface area contributed by atoms with Gasteiger partial charge in [-0.05, 0) is 49.6 Å². The van der Waals surface area contributed by atoms with E-state index >= 15 is 0 Å². The minimum absolute atomic E-state index is 0. The highest BCUT2D eigenvalue weighted by Crippen LogP contribution is 2.29. The van der Waals surface area contributed by atoms with Gasteiger partial charge in [-0.25, -0.2) is 4.98 Å². The average molecular weight is 577 g/mol. The molecule has 0 spiro atoms. The standard InChI is InChI=1S/C23H30F3N5O.HI/c1-16-14-31(15-17(2)32-16)21-9-6-19(12-29-21)13-30-22(27-3)28-11-10-18-4-7-20(8-5-18)23(24,25)26;/h4-9,12,16-17H,10-11,13-15H2,1-3H3,(H2,27,28,30);1H. The third-order valence-corrected chi connectivity index (χ3v) is 5.22. The van der Waals surface area contributed by atoms with Crippen LogP contribution < -0.4 is 15.5 Å². The van der Waals surface area contributed by atoms with Crippen LogP contribution in [0.15, 0.2) is 47.6 Å². The second-order valence-corrected chi connectivity index (χ2v) is 7.98. The van der Waals surface area contributed by atoms with Gasteiger partial charge in [0.05, 0.1) is 17.8 Å². The summed E-state index contributed by atoms with van der Waals surface area (Å²) in [4.78, 5) is 11.0. The molecule has 182 valence electrons. The Labute approximate surface area is 210 Å². The lowest BCUT2D eigenvalue weighted by Crippen LogP contribution is -2.45. The number of hydrogen-bond acceptors (Lipinski definition) is 4. The molecule has 0 saturated carbocycles. The number of anilines is 1. The summed E-state index contributed by atoms with van der Waals surface area (Å²) in [6.45, 7) is 6.89. The van der Waals surface area contributed by atoms with Gasteiger partial charge in [0.2, 0.25) is 0 Å². The molecule has 3 rings (SSSR count). The van der Waals surface area contributed by atoms with Crippen molar-refractivity contribution in [2.75, 3.05) is 31.6 Å². The monoisotopic (exact) mass is 577 g/mol. The quantitative estimate of drug-likeness (QED) is 0.306. The molecule has 1 fully saturated rings. The molecule has 2 unspecified atom stereocenters. The average Bonchev–Trinajstić information content (AvgIpc) is 2.75. The molecular formula is C23H31F3IN5O. The molecule has 1 saturated heterocycles. The van der Waals surface area contributed by atoms with Gasteiger partial charge in [-0.3, -0.25) is 4.99 Å². The van der Waals surface area contributed by atoms with Crippen molar-refractivity contribution in [2.45, 2.75) is 45.2 Å². The van der Waals surface area contributed by atoms with Crippen molar-refractivity contribution < 1.29 is 17.9 Å². The number of aromatic nitrogens is 1. The SMILES string of the molecule is CN=C(NCCc1ccc(C(F)(F)F)cc1)NCc1ccc(N2CC(C)OC(C)C2)nc1.I. The number of morpholine rings is 1. The highest BCUT2D eigenvalue weighted by Gasteiger charge is 2.29. The van der Waals surface area contributed by atoms with E-state index in [1.54, 1.807) is 7.05 Å². The summed E-state index contributed by atoms with van der Waals surface area (Å²) in [5.74, 6) is 1.56. The first kappa shape index (κ1) is 27.2. The van der Waals surface area contributed by atoms with Gasteiger partial charge in [0.15, 0.2) is 5.96 Å². The Morgan fingerprint density at radius 3 is 2.24 bits per heavy atom. The number of nitrogens with one attached hydrogen (secondary N) is 2. The second kappa shape index (κ2) is 12.4. The summed E-state index contributed by atoms with van der Waals surface area (Å²) in [5, 5.41) is 6.41. The zero-order valence-corrected chi connectivity index (χ0v) is 21.4. The zero-order valence-electron chi connectivity index (χ0n) is 19.0. The van der Waals surface area contributed by atoms with Crippen LogP contribution in [-0.2, 0) is 23.9 Å². The molecular weight excluding hydrogens is 546 g/mol. The number of pyridine rings is 1. The highest BCUT2D eigenvalue weighted by atomic mass is 127. The van der Waals surface area contributed by atoms with E-state index in [9.17, 15) is 13.2 Å². The molecule has 10 heteroatoms. The summed E-state index contributed by atoms with van der Waals surface area (Å²) >= 11 is 0. The van der Waals surface area contributed by atoms with Crippen LogP contribution in [0.5, 0.6) is 0 Å². The van der Waals surface area contributed by atoms with Crippen molar-refractivity contribution in [2.24, 2.45) is 4.99 Å². The molecule has 1 aromatic heterocycles. The number of hydrogen-bond donors (Lipinski definition) is 2. The van der Waals surface area contributed by atoms with Gasteiger partial charge in [-0.15, -0.1) is 24.0 Å². The largest absolute Gasteiger partial charge is 0.416 e. The Morgan fingerprint density at radius 2 is 1.70 bits per heavy atom. The molecule has 1 aliphatic heterocycles. The molecule has 0 bridgehead atoms. The number of nitrogens with zero attached hydrogens (tertiary/aromatic N) is 3. The van der Waals surface area contributed by atoms with Crippen molar-refractivity contribution in [3.63, 3.8) is 0 Å². The molecule has 2 aromatic rings. The Morgan fingerprint density at radius 1 is 1.06 bits per heavy atom. The highest BCUT2D eigenvalue weighted by molar-refractivity contribution is 14.0. The van der Waals surface area contributed by atoms with Gasteiger partial charge in [0.1, 0.15) is 5.82 Å². The molecule has 0 amide bonds. The predicted octanol–water partition coefficient (Wildman–Crippen LogP) is 4.24. The molecule has 1 aromatic carbocycles. The molecule has 0 radical (unpaired) electrons. The van der Waals surface area contributed by atoms with Crippen molar-refractivity contribution in [3.05, 3.63) is 59.3 Å². The number of rotatable bonds is 6. The van der Waals surface area contributed by atoms with Crippen LogP contribution in [0, 0.1) is 0 Å². The van der Waals surface area contributed by atoms with Gasteiger partial charge in [0, 0.05) is 39.4 Å². The second-order valence-electron chi connectivity index (χ2n) is 7.98. The normalized spacial score (nSPS) is 19.1. The van der Waals surface area contributed by atoms with Gasteiger partial charge in [0.25, 0.3) is 0 Å². The number of alkyl halides is 3. The van der Waals surface area contributed by atoms with Gasteiger partial charge in [-0.2, -0.15) is 13.2 Å². The zero-order chi connectivity index (χ0) is 23.1. The maximum absolute atomic E-state index is 12.6. The van der Waals surface area contributed by atoms with Crippen molar-refractivity contribution in [1.82, 2.24) is 15.6 Å². The van der Waals surface area contributed by atoms with Crippen LogP contribution in [0.1, 0.15) is 30.5 Å². The van der Waals surface area contributed by atoms with E-state index in [2.05, 4.69) is 39.4 Å². The van der Waals surface area contributed by atoms with Gasteiger partial charge in [-0.1, -0.05) is 18.2 Å². The first-order valence-corrected chi connectivity index (χ1v) is 10.7.